The number of nitrogen functional groups attached to an aromatic ring is 1. The van der Waals surface area contributed by atoms with Crippen molar-refractivity contribution in [1.29, 1.82) is 0 Å². The summed E-state index contributed by atoms with van der Waals surface area (Å²) >= 11 is 0. The Balaban J connectivity index is 2.06. The standard InChI is InChI=1S/C16H21N3O2/c1-9(2)10(3)15-14(16(17)19-18-15)11-4-5-12-13(8-11)21-7-6-20-12/h4-5,8-10H,6-7H2,1-3H3,(H3,17,18,19). The maximum atomic E-state index is 6.07. The molecule has 2 aromatic rings. The molecule has 1 atom stereocenters. The SMILES string of the molecule is CC(C)C(C)c1[nH]nc(N)c1-c1ccc2c(c1)OCCO2. The predicted molar refractivity (Wildman–Crippen MR) is 82.7 cm³/mol. The summed E-state index contributed by atoms with van der Waals surface area (Å²) in [4.78, 5) is 0. The molecule has 0 radical (unpaired) electrons. The van der Waals surface area contributed by atoms with Gasteiger partial charge < -0.3 is 15.2 Å². The molecule has 1 aromatic heterocycles. The monoisotopic (exact) mass is 287 g/mol. The minimum Gasteiger partial charge on any atom is -0.486 e. The molecule has 2 heterocycles. The second-order valence-electron chi connectivity index (χ2n) is 5.79. The first-order valence-corrected chi connectivity index (χ1v) is 7.31. The number of rotatable bonds is 3. The number of aromatic amines is 1. The Morgan fingerprint density at radius 3 is 2.57 bits per heavy atom. The Labute approximate surface area is 124 Å². The molecule has 3 N–H and O–H groups in total. The highest BCUT2D eigenvalue weighted by Gasteiger charge is 2.22. The van der Waals surface area contributed by atoms with E-state index in [4.69, 9.17) is 15.2 Å². The van der Waals surface area contributed by atoms with Crippen LogP contribution in [0.1, 0.15) is 32.4 Å². The molecule has 0 aliphatic carbocycles. The van der Waals surface area contributed by atoms with Crippen LogP contribution in [0, 0.1) is 5.92 Å². The lowest BCUT2D eigenvalue weighted by Gasteiger charge is -2.20. The van der Waals surface area contributed by atoms with Gasteiger partial charge in [0.25, 0.3) is 0 Å². The van der Waals surface area contributed by atoms with Crippen molar-refractivity contribution < 1.29 is 9.47 Å². The topological polar surface area (TPSA) is 73.2 Å². The third-order valence-electron chi connectivity index (χ3n) is 4.11. The van der Waals surface area contributed by atoms with Crippen LogP contribution >= 0.6 is 0 Å². The molecule has 0 spiro atoms. The first kappa shape index (κ1) is 13.8. The average Bonchev–Trinajstić information content (AvgIpc) is 2.87. The quantitative estimate of drug-likeness (QED) is 0.909. The molecule has 3 rings (SSSR count). The number of hydrogen-bond acceptors (Lipinski definition) is 4. The minimum absolute atomic E-state index is 0.345. The number of nitrogens with one attached hydrogen (secondary N) is 1. The highest BCUT2D eigenvalue weighted by atomic mass is 16.6. The van der Waals surface area contributed by atoms with E-state index in [9.17, 15) is 0 Å². The van der Waals surface area contributed by atoms with Crippen molar-refractivity contribution in [1.82, 2.24) is 10.2 Å². The summed E-state index contributed by atoms with van der Waals surface area (Å²) in [5, 5.41) is 7.28. The minimum atomic E-state index is 0.345. The van der Waals surface area contributed by atoms with Crippen LogP contribution in [0.2, 0.25) is 0 Å². The summed E-state index contributed by atoms with van der Waals surface area (Å²) in [6, 6.07) is 5.91. The van der Waals surface area contributed by atoms with Gasteiger partial charge in [0.2, 0.25) is 0 Å². The van der Waals surface area contributed by atoms with E-state index in [2.05, 4.69) is 31.0 Å². The van der Waals surface area contributed by atoms with Gasteiger partial charge in [0, 0.05) is 17.2 Å². The molecule has 21 heavy (non-hydrogen) atoms. The summed E-state index contributed by atoms with van der Waals surface area (Å²) in [7, 11) is 0. The van der Waals surface area contributed by atoms with Crippen molar-refractivity contribution in [2.24, 2.45) is 5.92 Å². The molecule has 0 saturated heterocycles. The molecule has 1 aliphatic rings. The number of aromatic nitrogens is 2. The van der Waals surface area contributed by atoms with Gasteiger partial charge in [-0.25, -0.2) is 0 Å². The summed E-state index contributed by atoms with van der Waals surface area (Å²) in [6.07, 6.45) is 0. The number of anilines is 1. The number of hydrogen-bond donors (Lipinski definition) is 2. The smallest absolute Gasteiger partial charge is 0.161 e. The normalized spacial score (nSPS) is 15.2. The van der Waals surface area contributed by atoms with Crippen molar-refractivity contribution >= 4 is 5.82 Å². The molecule has 0 fully saturated rings. The molecule has 5 heteroatoms. The lowest BCUT2D eigenvalue weighted by molar-refractivity contribution is 0.171. The third kappa shape index (κ3) is 2.44. The molecular weight excluding hydrogens is 266 g/mol. The number of benzene rings is 1. The van der Waals surface area contributed by atoms with E-state index < -0.39 is 0 Å². The van der Waals surface area contributed by atoms with Crippen molar-refractivity contribution in [3.8, 4) is 22.6 Å². The van der Waals surface area contributed by atoms with E-state index >= 15 is 0 Å². The zero-order valence-electron chi connectivity index (χ0n) is 12.6. The van der Waals surface area contributed by atoms with E-state index in [1.165, 1.54) is 0 Å². The lowest BCUT2D eigenvalue weighted by atomic mass is 9.90. The van der Waals surface area contributed by atoms with Crippen LogP contribution in [0.3, 0.4) is 0 Å². The molecule has 1 aromatic carbocycles. The maximum Gasteiger partial charge on any atom is 0.161 e. The van der Waals surface area contributed by atoms with Gasteiger partial charge >= 0.3 is 0 Å². The van der Waals surface area contributed by atoms with Gasteiger partial charge in [0.1, 0.15) is 13.2 Å². The molecule has 5 nitrogen and oxygen atoms in total. The molecule has 0 amide bonds. The largest absolute Gasteiger partial charge is 0.486 e. The van der Waals surface area contributed by atoms with Crippen LogP contribution in [0.4, 0.5) is 5.82 Å². The van der Waals surface area contributed by atoms with Gasteiger partial charge in [-0.05, 0) is 23.6 Å². The van der Waals surface area contributed by atoms with E-state index in [1.54, 1.807) is 0 Å². The molecule has 0 bridgehead atoms. The fourth-order valence-electron chi connectivity index (χ4n) is 2.54. The van der Waals surface area contributed by atoms with Gasteiger partial charge in [0.05, 0.1) is 0 Å². The van der Waals surface area contributed by atoms with E-state index in [-0.39, 0.29) is 0 Å². The molecule has 112 valence electrons. The van der Waals surface area contributed by atoms with Crippen LogP contribution < -0.4 is 15.2 Å². The van der Waals surface area contributed by atoms with Gasteiger partial charge in [-0.15, -0.1) is 0 Å². The van der Waals surface area contributed by atoms with Crippen LogP contribution in [0.15, 0.2) is 18.2 Å². The number of nitrogens with zero attached hydrogens (tertiary/aromatic N) is 1. The van der Waals surface area contributed by atoms with Crippen molar-refractivity contribution in [3.63, 3.8) is 0 Å². The Morgan fingerprint density at radius 1 is 1.14 bits per heavy atom. The number of nitrogens with two attached hydrogens (primary N) is 1. The Kier molecular flexibility index (Phi) is 3.49. The van der Waals surface area contributed by atoms with Gasteiger partial charge in [-0.2, -0.15) is 5.10 Å². The third-order valence-corrected chi connectivity index (χ3v) is 4.11. The number of H-pyrrole nitrogens is 1. The Bertz CT molecular complexity index is 649. The van der Waals surface area contributed by atoms with Gasteiger partial charge in [-0.3, -0.25) is 5.10 Å². The van der Waals surface area contributed by atoms with Gasteiger partial charge in [-0.1, -0.05) is 26.8 Å². The fraction of sp³-hybridized carbons (Fsp3) is 0.438. The van der Waals surface area contributed by atoms with Crippen LogP contribution in [-0.4, -0.2) is 23.4 Å². The Morgan fingerprint density at radius 2 is 1.86 bits per heavy atom. The van der Waals surface area contributed by atoms with Gasteiger partial charge in [0.15, 0.2) is 17.3 Å². The zero-order chi connectivity index (χ0) is 15.0. The van der Waals surface area contributed by atoms with Crippen LogP contribution in [0.5, 0.6) is 11.5 Å². The second kappa shape index (κ2) is 5.31. The fourth-order valence-corrected chi connectivity index (χ4v) is 2.54. The second-order valence-corrected chi connectivity index (χ2v) is 5.79. The first-order chi connectivity index (χ1) is 10.1. The highest BCUT2D eigenvalue weighted by molar-refractivity contribution is 5.78. The van der Waals surface area contributed by atoms with Crippen LogP contribution in [-0.2, 0) is 0 Å². The summed E-state index contributed by atoms with van der Waals surface area (Å²) in [5.74, 6) is 2.92. The summed E-state index contributed by atoms with van der Waals surface area (Å²) in [5.41, 5.74) is 9.11. The predicted octanol–water partition coefficient (Wildman–Crippen LogP) is 3.19. The lowest BCUT2D eigenvalue weighted by Crippen LogP contribution is -2.15. The summed E-state index contributed by atoms with van der Waals surface area (Å²) in [6.45, 7) is 7.73. The first-order valence-electron chi connectivity index (χ1n) is 7.31. The number of fused-ring (bicyclic) bond motifs is 1. The molecule has 0 saturated carbocycles. The van der Waals surface area contributed by atoms with Crippen LogP contribution in [0.25, 0.3) is 11.1 Å². The molecular formula is C16H21N3O2. The van der Waals surface area contributed by atoms with E-state index in [0.717, 1.165) is 28.3 Å². The van der Waals surface area contributed by atoms with E-state index in [1.807, 2.05) is 18.2 Å². The number of ether oxygens (including phenoxy) is 2. The molecule has 1 unspecified atom stereocenters. The average molecular weight is 287 g/mol. The van der Waals surface area contributed by atoms with Crippen molar-refractivity contribution in [2.75, 3.05) is 18.9 Å². The Hall–Kier alpha value is -2.17. The maximum absolute atomic E-state index is 6.07. The molecule has 1 aliphatic heterocycles. The van der Waals surface area contributed by atoms with E-state index in [0.29, 0.717) is 30.9 Å². The summed E-state index contributed by atoms with van der Waals surface area (Å²) < 4.78 is 11.2. The van der Waals surface area contributed by atoms with Crippen molar-refractivity contribution in [2.45, 2.75) is 26.7 Å². The zero-order valence-corrected chi connectivity index (χ0v) is 12.6. The van der Waals surface area contributed by atoms with Crippen molar-refractivity contribution in [3.05, 3.63) is 23.9 Å². The highest BCUT2D eigenvalue weighted by Crippen LogP contribution is 2.39.